The lowest BCUT2D eigenvalue weighted by Crippen LogP contribution is -2.22. The highest BCUT2D eigenvalue weighted by Crippen LogP contribution is 2.12. The molecule has 0 fully saturated rings. The van der Waals surface area contributed by atoms with E-state index in [1.165, 1.54) is 6.08 Å². The van der Waals surface area contributed by atoms with Gasteiger partial charge < -0.3 is 10.4 Å². The summed E-state index contributed by atoms with van der Waals surface area (Å²) in [6.07, 6.45) is 5.70. The molecule has 0 radical (unpaired) electrons. The van der Waals surface area contributed by atoms with E-state index in [9.17, 15) is 9.59 Å². The number of hydrogen-bond donors (Lipinski definition) is 2. The van der Waals surface area contributed by atoms with Crippen molar-refractivity contribution in [1.82, 2.24) is 5.32 Å². The fourth-order valence-electron chi connectivity index (χ4n) is 1.63. The zero-order valence-electron chi connectivity index (χ0n) is 11.1. The minimum absolute atomic E-state index is 0.136. The zero-order chi connectivity index (χ0) is 14.8. The lowest BCUT2D eigenvalue weighted by molar-refractivity contribution is -0.137. The van der Waals surface area contributed by atoms with Crippen molar-refractivity contribution in [3.05, 3.63) is 40.4 Å². The van der Waals surface area contributed by atoms with Gasteiger partial charge in [-0.2, -0.15) is 0 Å². The zero-order valence-corrected chi connectivity index (χ0v) is 12.7. The number of benzene rings is 1. The van der Waals surface area contributed by atoms with Gasteiger partial charge in [0.25, 0.3) is 0 Å². The molecule has 1 amide bonds. The van der Waals surface area contributed by atoms with Gasteiger partial charge in [0.15, 0.2) is 0 Å². The number of halogens is 1. The summed E-state index contributed by atoms with van der Waals surface area (Å²) in [5.41, 5.74) is 0.955. The van der Waals surface area contributed by atoms with Crippen LogP contribution in [0.25, 0.3) is 6.08 Å². The maximum atomic E-state index is 11.5. The molecule has 0 spiro atoms. The Labute approximate surface area is 127 Å². The number of hydrogen-bond acceptors (Lipinski definition) is 2. The Bertz CT molecular complexity index is 486. The third kappa shape index (κ3) is 7.74. The summed E-state index contributed by atoms with van der Waals surface area (Å²) in [7, 11) is 0. The third-order valence-corrected chi connectivity index (χ3v) is 3.14. The first-order valence-electron chi connectivity index (χ1n) is 6.51. The molecule has 2 N–H and O–H groups in total. The summed E-state index contributed by atoms with van der Waals surface area (Å²) in [6, 6.07) is 7.68. The van der Waals surface area contributed by atoms with Gasteiger partial charge >= 0.3 is 5.97 Å². The van der Waals surface area contributed by atoms with E-state index >= 15 is 0 Å². The highest BCUT2D eigenvalue weighted by atomic mass is 79.9. The molecule has 0 saturated heterocycles. The molecular formula is C15H18BrNO3. The van der Waals surface area contributed by atoms with Crippen LogP contribution in [0, 0.1) is 0 Å². The Kier molecular flexibility index (Phi) is 7.65. The highest BCUT2D eigenvalue weighted by molar-refractivity contribution is 9.10. The first kappa shape index (κ1) is 16.4. The van der Waals surface area contributed by atoms with Crippen LogP contribution in [0.5, 0.6) is 0 Å². The van der Waals surface area contributed by atoms with Gasteiger partial charge in [-0.15, -0.1) is 0 Å². The van der Waals surface area contributed by atoms with Crippen LogP contribution in [0.15, 0.2) is 34.8 Å². The Hall–Kier alpha value is -1.62. The van der Waals surface area contributed by atoms with E-state index in [1.807, 2.05) is 24.3 Å². The van der Waals surface area contributed by atoms with Crippen molar-refractivity contribution >= 4 is 33.9 Å². The molecule has 5 heteroatoms. The fraction of sp³-hybridized carbons (Fsp3) is 0.333. The van der Waals surface area contributed by atoms with E-state index in [1.54, 1.807) is 6.08 Å². The number of rotatable bonds is 8. The van der Waals surface area contributed by atoms with Gasteiger partial charge in [0, 0.05) is 23.5 Å². The molecule has 20 heavy (non-hydrogen) atoms. The molecule has 0 aromatic heterocycles. The third-order valence-electron chi connectivity index (χ3n) is 2.64. The molecule has 0 unspecified atom stereocenters. The van der Waals surface area contributed by atoms with Crippen molar-refractivity contribution in [2.24, 2.45) is 0 Å². The Morgan fingerprint density at radius 1 is 1.25 bits per heavy atom. The molecule has 0 aliphatic carbocycles. The van der Waals surface area contributed by atoms with E-state index in [2.05, 4.69) is 21.2 Å². The molecule has 4 nitrogen and oxygen atoms in total. The van der Waals surface area contributed by atoms with Crippen molar-refractivity contribution in [2.45, 2.75) is 25.7 Å². The number of amides is 1. The van der Waals surface area contributed by atoms with Crippen LogP contribution in [0.2, 0.25) is 0 Å². The van der Waals surface area contributed by atoms with Crippen molar-refractivity contribution < 1.29 is 14.7 Å². The van der Waals surface area contributed by atoms with Crippen LogP contribution in [-0.2, 0) is 9.59 Å². The second-order valence-electron chi connectivity index (χ2n) is 4.38. The molecule has 0 aliphatic rings. The second kappa shape index (κ2) is 9.31. The minimum Gasteiger partial charge on any atom is -0.481 e. The van der Waals surface area contributed by atoms with Gasteiger partial charge in [-0.3, -0.25) is 9.59 Å². The molecule has 0 heterocycles. The van der Waals surface area contributed by atoms with E-state index in [0.717, 1.165) is 22.9 Å². The number of carbonyl (C=O) groups is 2. The standard InChI is InChI=1S/C15H18BrNO3/c16-13-6-4-5-12(11-13)8-9-14(18)17-10-3-1-2-7-15(19)20/h4-6,8-9,11H,1-3,7,10H2,(H,17,18)(H,19,20)/b9-8+. The first-order valence-corrected chi connectivity index (χ1v) is 7.30. The average Bonchev–Trinajstić information content (AvgIpc) is 2.40. The van der Waals surface area contributed by atoms with Crippen molar-refractivity contribution in [3.63, 3.8) is 0 Å². The monoisotopic (exact) mass is 339 g/mol. The topological polar surface area (TPSA) is 66.4 Å². The predicted molar refractivity (Wildman–Crippen MR) is 82.3 cm³/mol. The van der Waals surface area contributed by atoms with E-state index in [0.29, 0.717) is 13.0 Å². The van der Waals surface area contributed by atoms with E-state index < -0.39 is 5.97 Å². The normalized spacial score (nSPS) is 10.7. The van der Waals surface area contributed by atoms with Crippen LogP contribution < -0.4 is 5.32 Å². The van der Waals surface area contributed by atoms with Gasteiger partial charge in [0.2, 0.25) is 5.91 Å². The Morgan fingerprint density at radius 3 is 2.75 bits per heavy atom. The maximum absolute atomic E-state index is 11.5. The summed E-state index contributed by atoms with van der Waals surface area (Å²) < 4.78 is 0.971. The van der Waals surface area contributed by atoms with Gasteiger partial charge in [-0.1, -0.05) is 34.5 Å². The van der Waals surface area contributed by atoms with E-state index in [4.69, 9.17) is 5.11 Å². The smallest absolute Gasteiger partial charge is 0.303 e. The first-order chi connectivity index (χ1) is 9.58. The second-order valence-corrected chi connectivity index (χ2v) is 5.30. The Morgan fingerprint density at radius 2 is 2.05 bits per heavy atom. The van der Waals surface area contributed by atoms with Crippen molar-refractivity contribution in [3.8, 4) is 0 Å². The summed E-state index contributed by atoms with van der Waals surface area (Å²) in [6.45, 7) is 0.571. The number of nitrogens with one attached hydrogen (secondary N) is 1. The molecular weight excluding hydrogens is 322 g/mol. The number of aliphatic carboxylic acids is 1. The summed E-state index contributed by atoms with van der Waals surface area (Å²) in [5, 5.41) is 11.2. The largest absolute Gasteiger partial charge is 0.481 e. The summed E-state index contributed by atoms with van der Waals surface area (Å²) in [5.74, 6) is -0.908. The van der Waals surface area contributed by atoms with Gasteiger partial charge in [0.05, 0.1) is 0 Å². The molecule has 0 atom stereocenters. The average molecular weight is 340 g/mol. The lowest BCUT2D eigenvalue weighted by atomic mass is 10.2. The van der Waals surface area contributed by atoms with Gasteiger partial charge in [0.1, 0.15) is 0 Å². The number of unbranched alkanes of at least 4 members (excludes halogenated alkanes) is 2. The fourth-order valence-corrected chi connectivity index (χ4v) is 2.05. The summed E-state index contributed by atoms with van der Waals surface area (Å²) in [4.78, 5) is 21.8. The molecule has 0 bridgehead atoms. The summed E-state index contributed by atoms with van der Waals surface area (Å²) >= 11 is 3.37. The van der Waals surface area contributed by atoms with Gasteiger partial charge in [-0.25, -0.2) is 0 Å². The van der Waals surface area contributed by atoms with Crippen LogP contribution >= 0.6 is 15.9 Å². The van der Waals surface area contributed by atoms with Crippen LogP contribution in [0.4, 0.5) is 0 Å². The van der Waals surface area contributed by atoms with Crippen molar-refractivity contribution in [1.29, 1.82) is 0 Å². The van der Waals surface area contributed by atoms with Gasteiger partial charge in [-0.05, 0) is 36.6 Å². The molecule has 0 saturated carbocycles. The molecule has 1 aromatic carbocycles. The van der Waals surface area contributed by atoms with Crippen molar-refractivity contribution in [2.75, 3.05) is 6.54 Å². The van der Waals surface area contributed by atoms with Crippen LogP contribution in [0.1, 0.15) is 31.2 Å². The minimum atomic E-state index is -0.772. The quantitative estimate of drug-likeness (QED) is 0.564. The predicted octanol–water partition coefficient (Wildman–Crippen LogP) is 3.22. The highest BCUT2D eigenvalue weighted by Gasteiger charge is 1.98. The number of carboxylic acids is 1. The lowest BCUT2D eigenvalue weighted by Gasteiger charge is -2.01. The molecule has 108 valence electrons. The van der Waals surface area contributed by atoms with Crippen LogP contribution in [0.3, 0.4) is 0 Å². The number of carbonyl (C=O) groups excluding carboxylic acids is 1. The van der Waals surface area contributed by atoms with Crippen LogP contribution in [-0.4, -0.2) is 23.5 Å². The SMILES string of the molecule is O=C(O)CCCCCNC(=O)/C=C/c1cccc(Br)c1. The Balaban J connectivity index is 2.18. The molecule has 0 aliphatic heterocycles. The maximum Gasteiger partial charge on any atom is 0.303 e. The molecule has 1 rings (SSSR count). The van der Waals surface area contributed by atoms with E-state index in [-0.39, 0.29) is 12.3 Å². The molecule has 1 aromatic rings. The number of carboxylic acid groups (broad SMARTS) is 1.